The lowest BCUT2D eigenvalue weighted by Gasteiger charge is -2.26. The van der Waals surface area contributed by atoms with Gasteiger partial charge in [-0.15, -0.1) is 11.3 Å². The number of aromatic nitrogens is 1. The molecule has 0 saturated carbocycles. The van der Waals surface area contributed by atoms with Crippen molar-refractivity contribution in [1.29, 1.82) is 0 Å². The van der Waals surface area contributed by atoms with Crippen molar-refractivity contribution in [3.8, 4) is 39.1 Å². The van der Waals surface area contributed by atoms with Crippen LogP contribution in [0.3, 0.4) is 0 Å². The summed E-state index contributed by atoms with van der Waals surface area (Å²) in [6, 6.07) is 79.3. The van der Waals surface area contributed by atoms with Crippen LogP contribution in [0.1, 0.15) is 0 Å². The fourth-order valence-corrected chi connectivity index (χ4v) is 9.50. The van der Waals surface area contributed by atoms with Crippen molar-refractivity contribution < 1.29 is 0 Å². The molecule has 3 heteroatoms. The van der Waals surface area contributed by atoms with E-state index >= 15 is 0 Å². The molecule has 0 atom stereocenters. The first-order valence-electron chi connectivity index (χ1n) is 19.4. The number of anilines is 3. The highest BCUT2D eigenvalue weighted by atomic mass is 32.1. The predicted molar refractivity (Wildman–Crippen MR) is 245 cm³/mol. The molecule has 2 aromatic heterocycles. The van der Waals surface area contributed by atoms with Gasteiger partial charge in [-0.1, -0.05) is 140 Å². The molecule has 57 heavy (non-hydrogen) atoms. The molecule has 0 aliphatic carbocycles. The van der Waals surface area contributed by atoms with Crippen LogP contribution in [-0.2, 0) is 0 Å². The molecular weight excluding hydrogens is 709 g/mol. The molecule has 268 valence electrons. The molecule has 0 unspecified atom stereocenters. The van der Waals surface area contributed by atoms with Crippen molar-refractivity contribution in [3.63, 3.8) is 0 Å². The average Bonchev–Trinajstić information content (AvgIpc) is 3.83. The Labute approximate surface area is 335 Å². The molecule has 2 heterocycles. The molecule has 0 spiro atoms. The van der Waals surface area contributed by atoms with E-state index in [4.69, 9.17) is 0 Å². The Bertz CT molecular complexity index is 3160. The summed E-state index contributed by atoms with van der Waals surface area (Å²) in [5, 5.41) is 5.18. The van der Waals surface area contributed by atoms with Crippen LogP contribution in [-0.4, -0.2) is 4.57 Å². The summed E-state index contributed by atoms with van der Waals surface area (Å²) in [6.45, 7) is 0. The number of hydrogen-bond donors (Lipinski definition) is 0. The van der Waals surface area contributed by atoms with Crippen LogP contribution in [0.4, 0.5) is 17.1 Å². The van der Waals surface area contributed by atoms with Crippen LogP contribution < -0.4 is 4.90 Å². The number of benzene rings is 9. The molecular formula is C54H36N2S. The molecule has 11 rings (SSSR count). The van der Waals surface area contributed by atoms with E-state index in [1.807, 2.05) is 11.3 Å². The quantitative estimate of drug-likeness (QED) is 0.158. The van der Waals surface area contributed by atoms with Crippen LogP contribution in [0.25, 0.3) is 81.0 Å². The summed E-state index contributed by atoms with van der Waals surface area (Å²) in [5.74, 6) is 0. The van der Waals surface area contributed by atoms with E-state index in [0.29, 0.717) is 0 Å². The Hall–Kier alpha value is -7.20. The Kier molecular flexibility index (Phi) is 8.04. The SMILES string of the molecule is c1ccc(-c2ccc(N(c3ccc(-c4cccc(-n5c6ccccc6c6ccccc65)c4)cc3)c3ccc(-c4ccc5sc6ccccc6c5c4)cc3)cc2)cc1. The Morgan fingerprint density at radius 3 is 1.35 bits per heavy atom. The van der Waals surface area contributed by atoms with Crippen LogP contribution >= 0.6 is 11.3 Å². The van der Waals surface area contributed by atoms with E-state index in [9.17, 15) is 0 Å². The van der Waals surface area contributed by atoms with Gasteiger partial charge in [0, 0.05) is 53.7 Å². The largest absolute Gasteiger partial charge is 0.311 e. The fourth-order valence-electron chi connectivity index (χ4n) is 8.42. The fraction of sp³-hybridized carbons (Fsp3) is 0. The second kappa shape index (κ2) is 13.8. The molecule has 2 nitrogen and oxygen atoms in total. The van der Waals surface area contributed by atoms with Crippen LogP contribution in [0.2, 0.25) is 0 Å². The third kappa shape index (κ3) is 5.88. The normalized spacial score (nSPS) is 11.5. The van der Waals surface area contributed by atoms with Crippen molar-refractivity contribution >= 4 is 70.4 Å². The van der Waals surface area contributed by atoms with Gasteiger partial charge < -0.3 is 9.47 Å². The summed E-state index contributed by atoms with van der Waals surface area (Å²) >= 11 is 1.86. The summed E-state index contributed by atoms with van der Waals surface area (Å²) in [7, 11) is 0. The third-order valence-corrected chi connectivity index (χ3v) is 12.4. The van der Waals surface area contributed by atoms with E-state index in [1.54, 1.807) is 0 Å². The maximum absolute atomic E-state index is 2.38. The summed E-state index contributed by atoms with van der Waals surface area (Å²) in [6.07, 6.45) is 0. The van der Waals surface area contributed by atoms with E-state index in [2.05, 4.69) is 228 Å². The molecule has 0 aliphatic heterocycles. The highest BCUT2D eigenvalue weighted by Crippen LogP contribution is 2.40. The molecule has 0 fully saturated rings. The Balaban J connectivity index is 0.962. The Morgan fingerprint density at radius 2 is 0.737 bits per heavy atom. The van der Waals surface area contributed by atoms with Gasteiger partial charge in [0.1, 0.15) is 0 Å². The maximum Gasteiger partial charge on any atom is 0.0541 e. The van der Waals surface area contributed by atoms with Gasteiger partial charge in [-0.3, -0.25) is 0 Å². The third-order valence-electron chi connectivity index (χ3n) is 11.2. The predicted octanol–water partition coefficient (Wildman–Crippen LogP) is 15.6. The molecule has 0 N–H and O–H groups in total. The highest BCUT2D eigenvalue weighted by Gasteiger charge is 2.16. The van der Waals surface area contributed by atoms with E-state index in [1.165, 1.54) is 75.4 Å². The lowest BCUT2D eigenvalue weighted by atomic mass is 10.0. The second-order valence-corrected chi connectivity index (χ2v) is 15.7. The first kappa shape index (κ1) is 33.2. The van der Waals surface area contributed by atoms with Crippen LogP contribution in [0.15, 0.2) is 218 Å². The average molecular weight is 745 g/mol. The highest BCUT2D eigenvalue weighted by molar-refractivity contribution is 7.25. The zero-order chi connectivity index (χ0) is 37.7. The van der Waals surface area contributed by atoms with Crippen molar-refractivity contribution in [2.45, 2.75) is 0 Å². The number of para-hydroxylation sites is 2. The molecule has 0 amide bonds. The lowest BCUT2D eigenvalue weighted by Crippen LogP contribution is -2.09. The van der Waals surface area contributed by atoms with Gasteiger partial charge in [-0.05, 0) is 112 Å². The molecule has 9 aromatic carbocycles. The van der Waals surface area contributed by atoms with Crippen molar-refractivity contribution in [1.82, 2.24) is 4.57 Å². The number of nitrogens with zero attached hydrogens (tertiary/aromatic N) is 2. The molecule has 0 saturated heterocycles. The van der Waals surface area contributed by atoms with Gasteiger partial charge in [0.05, 0.1) is 11.0 Å². The minimum absolute atomic E-state index is 1.10. The topological polar surface area (TPSA) is 8.17 Å². The van der Waals surface area contributed by atoms with Gasteiger partial charge in [0.25, 0.3) is 0 Å². The van der Waals surface area contributed by atoms with Gasteiger partial charge in [-0.25, -0.2) is 0 Å². The zero-order valence-corrected chi connectivity index (χ0v) is 31.9. The first-order valence-corrected chi connectivity index (χ1v) is 20.2. The smallest absolute Gasteiger partial charge is 0.0541 e. The molecule has 0 bridgehead atoms. The first-order chi connectivity index (χ1) is 28.2. The summed E-state index contributed by atoms with van der Waals surface area (Å²) < 4.78 is 5.03. The second-order valence-electron chi connectivity index (χ2n) is 14.6. The van der Waals surface area contributed by atoms with Crippen molar-refractivity contribution in [2.75, 3.05) is 4.90 Å². The summed E-state index contributed by atoms with van der Waals surface area (Å²) in [4.78, 5) is 2.35. The standard InChI is InChI=1S/C54H36N2S/c1-2-11-37(12-3-1)38-21-28-43(29-22-38)55(45-32-25-40(26-33-45)42-27-34-54-50(36-42)49-17-6-9-20-53(49)57-54)44-30-23-39(24-31-44)41-13-10-14-46(35-41)56-51-18-7-4-15-47(51)48-16-5-8-19-52(48)56/h1-36H. The molecule has 0 aliphatic rings. The number of rotatable bonds is 7. The minimum atomic E-state index is 1.10. The van der Waals surface area contributed by atoms with E-state index < -0.39 is 0 Å². The zero-order valence-electron chi connectivity index (χ0n) is 31.1. The van der Waals surface area contributed by atoms with Gasteiger partial charge >= 0.3 is 0 Å². The number of hydrogen-bond acceptors (Lipinski definition) is 2. The monoisotopic (exact) mass is 744 g/mol. The molecule has 0 radical (unpaired) electrons. The minimum Gasteiger partial charge on any atom is -0.311 e. The molecule has 11 aromatic rings. The van der Waals surface area contributed by atoms with Crippen LogP contribution in [0, 0.1) is 0 Å². The Morgan fingerprint density at radius 1 is 0.298 bits per heavy atom. The van der Waals surface area contributed by atoms with Gasteiger partial charge in [0.15, 0.2) is 0 Å². The summed E-state index contributed by atoms with van der Waals surface area (Å²) in [5.41, 5.74) is 14.1. The van der Waals surface area contributed by atoms with Gasteiger partial charge in [-0.2, -0.15) is 0 Å². The van der Waals surface area contributed by atoms with E-state index in [-0.39, 0.29) is 0 Å². The van der Waals surface area contributed by atoms with E-state index in [0.717, 1.165) is 22.7 Å². The van der Waals surface area contributed by atoms with Crippen LogP contribution in [0.5, 0.6) is 0 Å². The van der Waals surface area contributed by atoms with Gasteiger partial charge in [0.2, 0.25) is 0 Å². The number of fused-ring (bicyclic) bond motifs is 6. The lowest BCUT2D eigenvalue weighted by molar-refractivity contribution is 1.18. The van der Waals surface area contributed by atoms with Crippen molar-refractivity contribution in [2.24, 2.45) is 0 Å². The maximum atomic E-state index is 2.38. The van der Waals surface area contributed by atoms with Crippen molar-refractivity contribution in [3.05, 3.63) is 218 Å². The number of thiophene rings is 1.